The van der Waals surface area contributed by atoms with Crippen LogP contribution in [-0.4, -0.2) is 36.0 Å². The van der Waals surface area contributed by atoms with Gasteiger partial charge in [0.05, 0.1) is 7.11 Å². The highest BCUT2D eigenvalue weighted by molar-refractivity contribution is 8.00. The number of carboxylic acid groups (broad SMARTS) is 1. The van der Waals surface area contributed by atoms with E-state index >= 15 is 0 Å². The SMILES string of the molecule is CNC(C)(CC(C)Sc1ccccc1OC)C(=O)O. The predicted molar refractivity (Wildman–Crippen MR) is 78.0 cm³/mol. The molecule has 4 nitrogen and oxygen atoms in total. The molecule has 0 radical (unpaired) electrons. The summed E-state index contributed by atoms with van der Waals surface area (Å²) in [6, 6.07) is 7.76. The van der Waals surface area contributed by atoms with E-state index in [2.05, 4.69) is 5.32 Å². The van der Waals surface area contributed by atoms with Crippen LogP contribution in [0.4, 0.5) is 0 Å². The monoisotopic (exact) mass is 283 g/mol. The van der Waals surface area contributed by atoms with Gasteiger partial charge in [-0.25, -0.2) is 0 Å². The van der Waals surface area contributed by atoms with Gasteiger partial charge in [0.1, 0.15) is 11.3 Å². The zero-order valence-electron chi connectivity index (χ0n) is 11.8. The topological polar surface area (TPSA) is 58.6 Å². The van der Waals surface area contributed by atoms with Crippen molar-refractivity contribution in [3.63, 3.8) is 0 Å². The Hall–Kier alpha value is -1.20. The van der Waals surface area contributed by atoms with Gasteiger partial charge in [0.25, 0.3) is 0 Å². The summed E-state index contributed by atoms with van der Waals surface area (Å²) in [5.74, 6) is -0.0108. The predicted octanol–water partition coefficient (Wildman–Crippen LogP) is 2.63. The summed E-state index contributed by atoms with van der Waals surface area (Å²) in [4.78, 5) is 12.3. The first kappa shape index (κ1) is 15.9. The van der Waals surface area contributed by atoms with Gasteiger partial charge in [-0.2, -0.15) is 0 Å². The van der Waals surface area contributed by atoms with Gasteiger partial charge in [-0.15, -0.1) is 11.8 Å². The van der Waals surface area contributed by atoms with Gasteiger partial charge < -0.3 is 15.2 Å². The van der Waals surface area contributed by atoms with E-state index in [0.29, 0.717) is 6.42 Å². The van der Waals surface area contributed by atoms with Crippen LogP contribution in [0, 0.1) is 0 Å². The Morgan fingerprint density at radius 1 is 1.53 bits per heavy atom. The number of aliphatic carboxylic acids is 1. The quantitative estimate of drug-likeness (QED) is 0.753. The molecule has 0 fully saturated rings. The molecular weight excluding hydrogens is 262 g/mol. The summed E-state index contributed by atoms with van der Waals surface area (Å²) in [5, 5.41) is 12.3. The number of para-hydroxylation sites is 1. The molecule has 0 spiro atoms. The third-order valence-corrected chi connectivity index (χ3v) is 4.28. The minimum Gasteiger partial charge on any atom is -0.496 e. The normalized spacial score (nSPS) is 15.6. The van der Waals surface area contributed by atoms with Crippen LogP contribution in [-0.2, 0) is 4.79 Å². The van der Waals surface area contributed by atoms with E-state index in [-0.39, 0.29) is 5.25 Å². The van der Waals surface area contributed by atoms with Crippen LogP contribution >= 0.6 is 11.8 Å². The number of methoxy groups -OCH3 is 1. The van der Waals surface area contributed by atoms with Crippen molar-refractivity contribution in [3.05, 3.63) is 24.3 Å². The van der Waals surface area contributed by atoms with Gasteiger partial charge in [-0.3, -0.25) is 4.79 Å². The van der Waals surface area contributed by atoms with E-state index in [4.69, 9.17) is 4.74 Å². The smallest absolute Gasteiger partial charge is 0.323 e. The molecule has 2 unspecified atom stereocenters. The molecular formula is C14H21NO3S. The average molecular weight is 283 g/mol. The fourth-order valence-electron chi connectivity index (χ4n) is 1.85. The summed E-state index contributed by atoms with van der Waals surface area (Å²) in [6.07, 6.45) is 0.529. The Balaban J connectivity index is 2.74. The van der Waals surface area contributed by atoms with E-state index in [9.17, 15) is 9.90 Å². The zero-order chi connectivity index (χ0) is 14.5. The summed E-state index contributed by atoms with van der Waals surface area (Å²) in [7, 11) is 3.31. The molecule has 0 aliphatic rings. The molecule has 5 heteroatoms. The minimum atomic E-state index is -0.908. The van der Waals surface area contributed by atoms with Crippen LogP contribution in [0.25, 0.3) is 0 Å². The standard InChI is InChI=1S/C14H21NO3S/c1-10(9-14(2,15-3)13(16)17)19-12-8-6-5-7-11(12)18-4/h5-8,10,15H,9H2,1-4H3,(H,16,17). The second kappa shape index (κ2) is 6.82. The van der Waals surface area contributed by atoms with Crippen LogP contribution in [0.2, 0.25) is 0 Å². The van der Waals surface area contributed by atoms with Crippen molar-refractivity contribution in [3.8, 4) is 5.75 Å². The number of rotatable bonds is 7. The number of hydrogen-bond acceptors (Lipinski definition) is 4. The van der Waals surface area contributed by atoms with Gasteiger partial charge in [-0.1, -0.05) is 19.1 Å². The molecule has 0 bridgehead atoms. The van der Waals surface area contributed by atoms with Gasteiger partial charge in [0.2, 0.25) is 0 Å². The van der Waals surface area contributed by atoms with E-state index in [0.717, 1.165) is 10.6 Å². The summed E-state index contributed by atoms with van der Waals surface area (Å²) in [6.45, 7) is 3.73. The van der Waals surface area contributed by atoms with Crippen molar-refractivity contribution < 1.29 is 14.6 Å². The zero-order valence-corrected chi connectivity index (χ0v) is 12.6. The van der Waals surface area contributed by atoms with Crippen molar-refractivity contribution in [2.45, 2.75) is 36.0 Å². The summed E-state index contributed by atoms with van der Waals surface area (Å²) in [5.41, 5.74) is -0.908. The molecule has 0 saturated carbocycles. The average Bonchev–Trinajstić information content (AvgIpc) is 2.38. The minimum absolute atomic E-state index is 0.157. The van der Waals surface area contributed by atoms with Crippen molar-refractivity contribution in [2.24, 2.45) is 0 Å². The number of hydrogen-bond donors (Lipinski definition) is 2. The first-order valence-corrected chi connectivity index (χ1v) is 7.03. The molecule has 1 aromatic rings. The molecule has 0 aliphatic carbocycles. The molecule has 2 atom stereocenters. The Bertz CT molecular complexity index is 438. The third-order valence-electron chi connectivity index (χ3n) is 3.12. The van der Waals surface area contributed by atoms with Crippen LogP contribution in [0.3, 0.4) is 0 Å². The highest BCUT2D eigenvalue weighted by atomic mass is 32.2. The molecule has 2 N–H and O–H groups in total. The largest absolute Gasteiger partial charge is 0.496 e. The second-order valence-corrected chi connectivity index (χ2v) is 6.15. The molecule has 0 amide bonds. The number of benzene rings is 1. The molecule has 0 aliphatic heterocycles. The fourth-order valence-corrected chi connectivity index (χ4v) is 3.12. The number of carboxylic acids is 1. The van der Waals surface area contributed by atoms with Crippen molar-refractivity contribution >= 4 is 17.7 Å². The molecule has 1 aromatic carbocycles. The Morgan fingerprint density at radius 3 is 2.68 bits per heavy atom. The highest BCUT2D eigenvalue weighted by Gasteiger charge is 2.33. The van der Waals surface area contributed by atoms with E-state index in [1.54, 1.807) is 32.8 Å². The lowest BCUT2D eigenvalue weighted by Crippen LogP contribution is -2.49. The molecule has 106 valence electrons. The van der Waals surface area contributed by atoms with E-state index in [1.807, 2.05) is 31.2 Å². The first-order chi connectivity index (χ1) is 8.92. The maximum Gasteiger partial charge on any atom is 0.323 e. The number of thioether (sulfide) groups is 1. The molecule has 0 aromatic heterocycles. The third kappa shape index (κ3) is 4.14. The first-order valence-electron chi connectivity index (χ1n) is 6.15. The van der Waals surface area contributed by atoms with E-state index < -0.39 is 11.5 Å². The maximum atomic E-state index is 11.3. The number of carbonyl (C=O) groups is 1. The van der Waals surface area contributed by atoms with Crippen LogP contribution in [0.1, 0.15) is 20.3 Å². The second-order valence-electron chi connectivity index (χ2n) is 4.67. The van der Waals surface area contributed by atoms with Gasteiger partial charge in [0, 0.05) is 10.1 Å². The van der Waals surface area contributed by atoms with Gasteiger partial charge in [-0.05, 0) is 32.5 Å². The summed E-state index contributed by atoms with van der Waals surface area (Å²) >= 11 is 1.63. The Morgan fingerprint density at radius 2 is 2.16 bits per heavy atom. The van der Waals surface area contributed by atoms with Crippen LogP contribution < -0.4 is 10.1 Å². The van der Waals surface area contributed by atoms with Gasteiger partial charge >= 0.3 is 5.97 Å². The van der Waals surface area contributed by atoms with Crippen molar-refractivity contribution in [1.82, 2.24) is 5.32 Å². The lowest BCUT2D eigenvalue weighted by Gasteiger charge is -2.27. The number of likely N-dealkylation sites (N-methyl/N-ethyl adjacent to an activating group) is 1. The Labute approximate surface area is 118 Å². The van der Waals surface area contributed by atoms with Gasteiger partial charge in [0.15, 0.2) is 0 Å². The number of nitrogens with one attached hydrogen (secondary N) is 1. The van der Waals surface area contributed by atoms with Crippen LogP contribution in [0.5, 0.6) is 5.75 Å². The molecule has 19 heavy (non-hydrogen) atoms. The maximum absolute atomic E-state index is 11.3. The number of ether oxygens (including phenoxy) is 1. The fraction of sp³-hybridized carbons (Fsp3) is 0.500. The highest BCUT2D eigenvalue weighted by Crippen LogP contribution is 2.34. The Kier molecular flexibility index (Phi) is 5.69. The van der Waals surface area contributed by atoms with E-state index in [1.165, 1.54) is 0 Å². The molecule has 0 saturated heterocycles. The molecule has 0 heterocycles. The lowest BCUT2D eigenvalue weighted by atomic mass is 9.96. The van der Waals surface area contributed by atoms with Crippen molar-refractivity contribution in [2.75, 3.05) is 14.2 Å². The van der Waals surface area contributed by atoms with Crippen molar-refractivity contribution in [1.29, 1.82) is 0 Å². The summed E-state index contributed by atoms with van der Waals surface area (Å²) < 4.78 is 5.30. The molecule has 1 rings (SSSR count). The van der Waals surface area contributed by atoms with Crippen LogP contribution in [0.15, 0.2) is 29.2 Å². The lowest BCUT2D eigenvalue weighted by molar-refractivity contribution is -0.144.